The molecule has 2 aromatic rings. The van der Waals surface area contributed by atoms with Crippen LogP contribution in [0.25, 0.3) is 0 Å². The number of benzene rings is 2. The van der Waals surface area contributed by atoms with E-state index in [0.29, 0.717) is 5.56 Å². The molecule has 0 saturated carbocycles. The van der Waals surface area contributed by atoms with Gasteiger partial charge in [0.1, 0.15) is 11.5 Å². The van der Waals surface area contributed by atoms with E-state index < -0.39 is 34.6 Å². The predicted molar refractivity (Wildman–Crippen MR) is 77.7 cm³/mol. The highest BCUT2D eigenvalue weighted by atomic mass is 16.3. The van der Waals surface area contributed by atoms with Crippen LogP contribution in [0, 0.1) is 6.92 Å². The van der Waals surface area contributed by atoms with Gasteiger partial charge in [-0.25, -0.2) is 0 Å². The normalized spacial score (nSPS) is 10.5. The Balaban J connectivity index is 2.65. The Morgan fingerprint density at radius 3 is 1.91 bits per heavy atom. The molecule has 0 bridgehead atoms. The fourth-order valence-electron chi connectivity index (χ4n) is 2.11. The van der Waals surface area contributed by atoms with Gasteiger partial charge in [-0.1, -0.05) is 0 Å². The van der Waals surface area contributed by atoms with Gasteiger partial charge in [0.15, 0.2) is 17.3 Å². The molecule has 0 radical (unpaired) electrons. The van der Waals surface area contributed by atoms with Gasteiger partial charge in [0, 0.05) is 6.07 Å². The van der Waals surface area contributed by atoms with Gasteiger partial charge in [0.2, 0.25) is 5.78 Å². The van der Waals surface area contributed by atoms with Gasteiger partial charge in [-0.2, -0.15) is 0 Å². The number of carbonyl (C=O) groups is 2. The molecule has 0 heterocycles. The standard InChI is InChI=1S/C16H14O6/c1-7-3-9(8(2)17)15(21)11(4-7)16(22)10-5-13(19)14(20)6-12(10)18/h3-6,18-21H,1-2H3. The van der Waals surface area contributed by atoms with Crippen molar-refractivity contribution in [2.75, 3.05) is 0 Å². The number of Topliss-reactive ketones (excluding diaryl/α,β-unsaturated/α-hetero) is 1. The molecule has 0 amide bonds. The van der Waals surface area contributed by atoms with Crippen molar-refractivity contribution in [2.24, 2.45) is 0 Å². The average molecular weight is 302 g/mol. The molecule has 0 aliphatic carbocycles. The summed E-state index contributed by atoms with van der Waals surface area (Å²) < 4.78 is 0. The van der Waals surface area contributed by atoms with Crippen LogP contribution in [0.4, 0.5) is 0 Å². The summed E-state index contributed by atoms with van der Waals surface area (Å²) >= 11 is 0. The lowest BCUT2D eigenvalue weighted by Crippen LogP contribution is -2.06. The van der Waals surface area contributed by atoms with Gasteiger partial charge in [-0.3, -0.25) is 9.59 Å². The van der Waals surface area contributed by atoms with E-state index in [9.17, 15) is 30.0 Å². The van der Waals surface area contributed by atoms with E-state index in [1.807, 2.05) is 0 Å². The zero-order chi connectivity index (χ0) is 16.6. The maximum atomic E-state index is 12.5. The van der Waals surface area contributed by atoms with Crippen molar-refractivity contribution >= 4 is 11.6 Å². The van der Waals surface area contributed by atoms with Crippen molar-refractivity contribution in [1.82, 2.24) is 0 Å². The zero-order valence-corrected chi connectivity index (χ0v) is 11.9. The first-order valence-corrected chi connectivity index (χ1v) is 6.36. The lowest BCUT2D eigenvalue weighted by molar-refractivity contribution is 0.101. The van der Waals surface area contributed by atoms with E-state index in [4.69, 9.17) is 0 Å². The van der Waals surface area contributed by atoms with Crippen molar-refractivity contribution in [1.29, 1.82) is 0 Å². The van der Waals surface area contributed by atoms with Crippen LogP contribution < -0.4 is 0 Å². The van der Waals surface area contributed by atoms with Crippen molar-refractivity contribution < 1.29 is 30.0 Å². The second-order valence-electron chi connectivity index (χ2n) is 4.95. The number of aromatic hydroxyl groups is 4. The minimum Gasteiger partial charge on any atom is -0.507 e. The number of carbonyl (C=O) groups excluding carboxylic acids is 2. The molecular weight excluding hydrogens is 288 g/mol. The molecule has 0 aliphatic rings. The lowest BCUT2D eigenvalue weighted by atomic mass is 9.95. The summed E-state index contributed by atoms with van der Waals surface area (Å²) in [7, 11) is 0. The first-order chi connectivity index (χ1) is 10.2. The van der Waals surface area contributed by atoms with E-state index in [1.165, 1.54) is 19.1 Å². The summed E-state index contributed by atoms with van der Waals surface area (Å²) in [5.41, 5.74) is 0.0935. The van der Waals surface area contributed by atoms with Crippen LogP contribution in [0.5, 0.6) is 23.0 Å². The Morgan fingerprint density at radius 2 is 1.32 bits per heavy atom. The Labute approximate surface area is 125 Å². The van der Waals surface area contributed by atoms with E-state index >= 15 is 0 Å². The number of ketones is 2. The van der Waals surface area contributed by atoms with E-state index in [2.05, 4.69) is 0 Å². The smallest absolute Gasteiger partial charge is 0.200 e. The summed E-state index contributed by atoms with van der Waals surface area (Å²) in [5.74, 6) is -3.39. The minimum absolute atomic E-state index is 0.00848. The molecule has 0 unspecified atom stereocenters. The van der Waals surface area contributed by atoms with E-state index in [-0.39, 0.29) is 16.7 Å². The third-order valence-corrected chi connectivity index (χ3v) is 3.22. The molecular formula is C16H14O6. The van der Waals surface area contributed by atoms with Gasteiger partial charge >= 0.3 is 0 Å². The minimum atomic E-state index is -0.781. The van der Waals surface area contributed by atoms with Crippen LogP contribution in [0.15, 0.2) is 24.3 Å². The van der Waals surface area contributed by atoms with Crippen LogP contribution in [0.3, 0.4) is 0 Å². The lowest BCUT2D eigenvalue weighted by Gasteiger charge is -2.11. The maximum Gasteiger partial charge on any atom is 0.200 e. The molecule has 2 aromatic carbocycles. The topological polar surface area (TPSA) is 115 Å². The maximum absolute atomic E-state index is 12.5. The molecule has 0 spiro atoms. The number of rotatable bonds is 3. The summed E-state index contributed by atoms with van der Waals surface area (Å²) in [5, 5.41) is 38.6. The summed E-state index contributed by atoms with van der Waals surface area (Å²) in [4.78, 5) is 24.0. The third kappa shape index (κ3) is 2.58. The van der Waals surface area contributed by atoms with E-state index in [0.717, 1.165) is 12.1 Å². The molecule has 22 heavy (non-hydrogen) atoms. The van der Waals surface area contributed by atoms with Gasteiger partial charge in [0.05, 0.1) is 16.7 Å². The molecule has 4 N–H and O–H groups in total. The second-order valence-corrected chi connectivity index (χ2v) is 4.95. The van der Waals surface area contributed by atoms with Crippen molar-refractivity contribution in [3.8, 4) is 23.0 Å². The monoisotopic (exact) mass is 302 g/mol. The molecule has 0 fully saturated rings. The molecule has 0 aromatic heterocycles. The van der Waals surface area contributed by atoms with Crippen LogP contribution in [0.1, 0.15) is 38.8 Å². The number of hydrogen-bond acceptors (Lipinski definition) is 6. The Morgan fingerprint density at radius 1 is 0.773 bits per heavy atom. The highest BCUT2D eigenvalue weighted by Crippen LogP contribution is 2.35. The SMILES string of the molecule is CC(=O)c1cc(C)cc(C(=O)c2cc(O)c(O)cc2O)c1O. The van der Waals surface area contributed by atoms with Crippen LogP contribution in [0.2, 0.25) is 0 Å². The van der Waals surface area contributed by atoms with Gasteiger partial charge in [-0.15, -0.1) is 0 Å². The molecule has 114 valence electrons. The molecule has 0 atom stereocenters. The van der Waals surface area contributed by atoms with Crippen molar-refractivity contribution in [3.05, 3.63) is 46.5 Å². The Kier molecular flexibility index (Phi) is 3.77. The van der Waals surface area contributed by atoms with Gasteiger partial charge in [0.25, 0.3) is 0 Å². The van der Waals surface area contributed by atoms with Crippen LogP contribution >= 0.6 is 0 Å². The highest BCUT2D eigenvalue weighted by molar-refractivity contribution is 6.14. The molecule has 6 nitrogen and oxygen atoms in total. The van der Waals surface area contributed by atoms with E-state index in [1.54, 1.807) is 6.92 Å². The van der Waals surface area contributed by atoms with Gasteiger partial charge in [-0.05, 0) is 37.6 Å². The summed E-state index contributed by atoms with van der Waals surface area (Å²) in [6, 6.07) is 4.53. The van der Waals surface area contributed by atoms with Crippen molar-refractivity contribution in [3.63, 3.8) is 0 Å². The number of phenolic OH excluding ortho intramolecular Hbond substituents is 4. The van der Waals surface area contributed by atoms with Gasteiger partial charge < -0.3 is 20.4 Å². The first kappa shape index (κ1) is 15.4. The third-order valence-electron chi connectivity index (χ3n) is 3.22. The zero-order valence-electron chi connectivity index (χ0n) is 11.9. The van der Waals surface area contributed by atoms with Crippen molar-refractivity contribution in [2.45, 2.75) is 13.8 Å². The summed E-state index contributed by atoms with van der Waals surface area (Å²) in [6.07, 6.45) is 0. The fourth-order valence-corrected chi connectivity index (χ4v) is 2.11. The number of hydrogen-bond donors (Lipinski definition) is 4. The van der Waals surface area contributed by atoms with Crippen LogP contribution in [-0.4, -0.2) is 32.0 Å². The predicted octanol–water partition coefficient (Wildman–Crippen LogP) is 2.25. The number of aryl methyl sites for hydroxylation is 1. The van der Waals surface area contributed by atoms with Crippen LogP contribution in [-0.2, 0) is 0 Å². The quantitative estimate of drug-likeness (QED) is 0.393. The molecule has 0 saturated heterocycles. The second kappa shape index (κ2) is 5.40. The molecule has 0 aliphatic heterocycles. The largest absolute Gasteiger partial charge is 0.507 e. The summed E-state index contributed by atoms with van der Waals surface area (Å²) in [6.45, 7) is 2.91. The fraction of sp³-hybridized carbons (Fsp3) is 0.125. The Bertz CT molecular complexity index is 792. The Hall–Kier alpha value is -3.02. The average Bonchev–Trinajstić information content (AvgIpc) is 2.44. The number of phenols is 4. The first-order valence-electron chi connectivity index (χ1n) is 6.36. The highest BCUT2D eigenvalue weighted by Gasteiger charge is 2.22. The molecule has 2 rings (SSSR count). The molecule has 6 heteroatoms.